The van der Waals surface area contributed by atoms with Crippen molar-refractivity contribution in [1.29, 1.82) is 0 Å². The smallest absolute Gasteiger partial charge is 0.342 e. The Bertz CT molecular complexity index is 982. The quantitative estimate of drug-likeness (QED) is 0.379. The molecular formula is C14H13N7O4S. The van der Waals surface area contributed by atoms with Gasteiger partial charge in [-0.15, -0.1) is 10.2 Å². The van der Waals surface area contributed by atoms with E-state index in [4.69, 9.17) is 4.74 Å². The van der Waals surface area contributed by atoms with E-state index in [9.17, 15) is 15.2 Å². The van der Waals surface area contributed by atoms with E-state index in [-0.39, 0.29) is 11.6 Å². The Kier molecular flexibility index (Phi) is 4.75. The van der Waals surface area contributed by atoms with Gasteiger partial charge in [0.1, 0.15) is 6.20 Å². The number of nitrogens with one attached hydrogen (secondary N) is 1. The van der Waals surface area contributed by atoms with Crippen LogP contribution in [0.2, 0.25) is 0 Å². The Morgan fingerprint density at radius 1 is 1.46 bits per heavy atom. The van der Waals surface area contributed by atoms with Crippen LogP contribution in [0.25, 0.3) is 10.8 Å². The lowest BCUT2D eigenvalue weighted by molar-refractivity contribution is -0.391. The van der Waals surface area contributed by atoms with E-state index >= 15 is 0 Å². The molecule has 12 heteroatoms. The molecule has 0 atom stereocenters. The Hall–Kier alpha value is -3.54. The zero-order valence-corrected chi connectivity index (χ0v) is 14.5. The van der Waals surface area contributed by atoms with Gasteiger partial charge in [0.05, 0.1) is 20.4 Å². The lowest BCUT2D eigenvalue weighted by Crippen LogP contribution is -1.98. The Labute approximate surface area is 150 Å². The van der Waals surface area contributed by atoms with Crippen molar-refractivity contribution in [3.05, 3.63) is 40.1 Å². The highest BCUT2D eigenvalue weighted by molar-refractivity contribution is 7.18. The van der Waals surface area contributed by atoms with Gasteiger partial charge in [0.2, 0.25) is 10.1 Å². The Morgan fingerprint density at radius 3 is 2.96 bits per heavy atom. The standard InChI is InChI=1S/C14H13N7O4S/c1-20-10(21(23)24)7-15-12(20)13-17-19-14(26-13)18-16-6-8-4-3-5-9(25-2)11(8)22/h3-7,22H,1-2H3,(H,18,19)/b16-6+. The van der Waals surface area contributed by atoms with Gasteiger partial charge in [0.15, 0.2) is 11.5 Å². The maximum Gasteiger partial charge on any atom is 0.342 e. The molecule has 3 rings (SSSR count). The fraction of sp³-hybridized carbons (Fsp3) is 0.143. The van der Waals surface area contributed by atoms with Crippen LogP contribution in [0.4, 0.5) is 10.9 Å². The first-order valence-electron chi connectivity index (χ1n) is 7.16. The largest absolute Gasteiger partial charge is 0.504 e. The molecule has 2 heterocycles. The van der Waals surface area contributed by atoms with Crippen LogP contribution in [0, 0.1) is 10.1 Å². The molecule has 0 bridgehead atoms. The topological polar surface area (TPSA) is 141 Å². The lowest BCUT2D eigenvalue weighted by atomic mass is 10.2. The molecule has 2 aromatic heterocycles. The zero-order chi connectivity index (χ0) is 18.7. The van der Waals surface area contributed by atoms with Gasteiger partial charge < -0.3 is 20.0 Å². The van der Waals surface area contributed by atoms with Gasteiger partial charge in [-0.1, -0.05) is 17.4 Å². The number of rotatable bonds is 6. The second-order valence-electron chi connectivity index (χ2n) is 4.94. The molecule has 26 heavy (non-hydrogen) atoms. The number of nitrogens with zero attached hydrogens (tertiary/aromatic N) is 6. The summed E-state index contributed by atoms with van der Waals surface area (Å²) in [5.41, 5.74) is 3.15. The summed E-state index contributed by atoms with van der Waals surface area (Å²) in [6.07, 6.45) is 2.57. The molecule has 1 aromatic carbocycles. The van der Waals surface area contributed by atoms with Crippen LogP contribution in [0.5, 0.6) is 11.5 Å². The number of imidazole rings is 1. The summed E-state index contributed by atoms with van der Waals surface area (Å²) in [4.78, 5) is 14.3. The van der Waals surface area contributed by atoms with Crippen molar-refractivity contribution in [2.75, 3.05) is 12.5 Å². The van der Waals surface area contributed by atoms with Gasteiger partial charge in [-0.25, -0.2) is 9.55 Å². The van der Waals surface area contributed by atoms with Crippen LogP contribution in [0.1, 0.15) is 5.56 Å². The summed E-state index contributed by atoms with van der Waals surface area (Å²) >= 11 is 1.13. The SMILES string of the molecule is COc1cccc(/C=N/Nc2nnc(-c3ncc([N+](=O)[O-])n3C)s2)c1O. The van der Waals surface area contributed by atoms with Crippen LogP contribution < -0.4 is 10.2 Å². The second-order valence-corrected chi connectivity index (χ2v) is 5.91. The number of aromatic hydroxyl groups is 1. The first-order chi connectivity index (χ1) is 12.5. The summed E-state index contributed by atoms with van der Waals surface area (Å²) < 4.78 is 6.34. The van der Waals surface area contributed by atoms with Gasteiger partial charge in [0.25, 0.3) is 5.82 Å². The monoisotopic (exact) mass is 375 g/mol. The number of para-hydroxylation sites is 1. The zero-order valence-electron chi connectivity index (χ0n) is 13.7. The molecule has 0 radical (unpaired) electrons. The average Bonchev–Trinajstić information content (AvgIpc) is 3.22. The number of anilines is 1. The predicted octanol–water partition coefficient (Wildman–Crippen LogP) is 2.01. The summed E-state index contributed by atoms with van der Waals surface area (Å²) in [6, 6.07) is 5.02. The third-order valence-corrected chi connectivity index (χ3v) is 4.20. The maximum absolute atomic E-state index is 10.9. The van der Waals surface area contributed by atoms with E-state index < -0.39 is 4.92 Å². The fourth-order valence-electron chi connectivity index (χ4n) is 2.09. The van der Waals surface area contributed by atoms with Crippen molar-refractivity contribution in [3.63, 3.8) is 0 Å². The number of methoxy groups -OCH3 is 1. The van der Waals surface area contributed by atoms with E-state index in [0.29, 0.717) is 27.3 Å². The highest BCUT2D eigenvalue weighted by Gasteiger charge is 2.21. The number of benzene rings is 1. The van der Waals surface area contributed by atoms with Crippen molar-refractivity contribution in [2.45, 2.75) is 0 Å². The molecule has 11 nitrogen and oxygen atoms in total. The molecule has 0 amide bonds. The Morgan fingerprint density at radius 2 is 2.27 bits per heavy atom. The van der Waals surface area contributed by atoms with Crippen LogP contribution in [0.3, 0.4) is 0 Å². The van der Waals surface area contributed by atoms with Crippen LogP contribution in [0.15, 0.2) is 29.5 Å². The third kappa shape index (κ3) is 3.30. The number of hydrogen-bond donors (Lipinski definition) is 2. The Balaban J connectivity index is 1.74. The molecule has 0 fully saturated rings. The molecule has 2 N–H and O–H groups in total. The number of aromatic nitrogens is 4. The van der Waals surface area contributed by atoms with E-state index in [2.05, 4.69) is 25.7 Å². The number of hydrazone groups is 1. The predicted molar refractivity (Wildman–Crippen MR) is 94.6 cm³/mol. The van der Waals surface area contributed by atoms with E-state index in [1.54, 1.807) is 18.2 Å². The van der Waals surface area contributed by atoms with E-state index in [1.807, 2.05) is 0 Å². The van der Waals surface area contributed by atoms with E-state index in [1.165, 1.54) is 24.9 Å². The van der Waals surface area contributed by atoms with Crippen LogP contribution in [-0.2, 0) is 7.05 Å². The summed E-state index contributed by atoms with van der Waals surface area (Å²) in [6.45, 7) is 0. The maximum atomic E-state index is 10.9. The molecule has 0 unspecified atom stereocenters. The van der Waals surface area contributed by atoms with Gasteiger partial charge in [0, 0.05) is 5.56 Å². The average molecular weight is 375 g/mol. The molecule has 0 aliphatic heterocycles. The van der Waals surface area contributed by atoms with Crippen molar-refractivity contribution >= 4 is 28.5 Å². The summed E-state index contributed by atoms with van der Waals surface area (Å²) in [7, 11) is 2.98. The van der Waals surface area contributed by atoms with Gasteiger partial charge >= 0.3 is 5.82 Å². The number of phenols is 1. The molecular weight excluding hydrogens is 362 g/mol. The molecule has 0 saturated carbocycles. The molecule has 134 valence electrons. The minimum absolute atomic E-state index is 0.0289. The van der Waals surface area contributed by atoms with Gasteiger partial charge in [-0.05, 0) is 17.1 Å². The number of ether oxygens (including phenoxy) is 1. The normalized spacial score (nSPS) is 11.0. The van der Waals surface area contributed by atoms with Crippen LogP contribution in [-0.4, -0.2) is 43.1 Å². The van der Waals surface area contributed by atoms with Crippen molar-refractivity contribution in [3.8, 4) is 22.3 Å². The minimum Gasteiger partial charge on any atom is -0.504 e. The molecule has 0 aliphatic carbocycles. The minimum atomic E-state index is -0.526. The number of phenolic OH excluding ortho intramolecular Hbond substituents is 1. The van der Waals surface area contributed by atoms with E-state index in [0.717, 1.165) is 17.5 Å². The lowest BCUT2D eigenvalue weighted by Gasteiger charge is -2.04. The van der Waals surface area contributed by atoms with Crippen molar-refractivity contribution in [2.24, 2.45) is 12.1 Å². The third-order valence-electron chi connectivity index (χ3n) is 3.38. The molecule has 0 saturated heterocycles. The van der Waals surface area contributed by atoms with Crippen LogP contribution >= 0.6 is 11.3 Å². The second kappa shape index (κ2) is 7.14. The molecule has 3 aromatic rings. The highest BCUT2D eigenvalue weighted by atomic mass is 32.1. The van der Waals surface area contributed by atoms with Gasteiger partial charge in [-0.2, -0.15) is 5.10 Å². The van der Waals surface area contributed by atoms with Gasteiger partial charge in [-0.3, -0.25) is 5.43 Å². The number of hydrogen-bond acceptors (Lipinski definition) is 10. The molecule has 0 spiro atoms. The fourth-order valence-corrected chi connectivity index (χ4v) is 2.82. The van der Waals surface area contributed by atoms with Crippen molar-refractivity contribution in [1.82, 2.24) is 19.7 Å². The number of nitro groups is 1. The van der Waals surface area contributed by atoms with Crippen molar-refractivity contribution < 1.29 is 14.8 Å². The first-order valence-corrected chi connectivity index (χ1v) is 7.98. The summed E-state index contributed by atoms with van der Waals surface area (Å²) in [5, 5.41) is 33.5. The summed E-state index contributed by atoms with van der Waals surface area (Å²) in [5.74, 6) is 0.496. The molecule has 0 aliphatic rings. The first kappa shape index (κ1) is 17.3. The highest BCUT2D eigenvalue weighted by Crippen LogP contribution is 2.29.